The van der Waals surface area contributed by atoms with Gasteiger partial charge in [0.1, 0.15) is 31.0 Å². The van der Waals surface area contributed by atoms with E-state index in [4.69, 9.17) is 20.1 Å². The Hall–Kier alpha value is -1.37. The maximum absolute atomic E-state index is 13.6. The number of carboxylic acids is 2. The summed E-state index contributed by atoms with van der Waals surface area (Å²) in [5.74, 6) is -4.64. The molecule has 1 aliphatic rings. The lowest BCUT2D eigenvalue weighted by Crippen LogP contribution is -2.60. The van der Waals surface area contributed by atoms with E-state index in [-0.39, 0.29) is 0 Å². The Balaban J connectivity index is 2.77. The van der Waals surface area contributed by atoms with Crippen LogP contribution in [0.3, 0.4) is 0 Å². The van der Waals surface area contributed by atoms with Crippen LogP contribution in [0, 0.1) is 0 Å². The van der Waals surface area contributed by atoms with Gasteiger partial charge in [-0.1, -0.05) is 0 Å². The first kappa shape index (κ1) is 17.7. The molecule has 0 aromatic rings. The number of carbonyl (C=O) groups is 2. The van der Waals surface area contributed by atoms with Crippen LogP contribution in [-0.4, -0.2) is 92.2 Å². The zero-order valence-electron chi connectivity index (χ0n) is 10.5. The normalized spacial score (nSPS) is 33.7. The molecule has 21 heavy (non-hydrogen) atoms. The maximum atomic E-state index is 13.6. The van der Waals surface area contributed by atoms with Crippen molar-refractivity contribution in [3.8, 4) is 0 Å². The van der Waals surface area contributed by atoms with Gasteiger partial charge in [-0.3, -0.25) is 0 Å². The fourth-order valence-corrected chi connectivity index (χ4v) is 1.62. The Morgan fingerprint density at radius 2 is 1.62 bits per heavy atom. The van der Waals surface area contributed by atoms with Gasteiger partial charge in [-0.25, -0.2) is 14.0 Å². The van der Waals surface area contributed by atoms with Crippen LogP contribution in [0.15, 0.2) is 0 Å². The minimum atomic E-state index is -3.78. The lowest BCUT2D eigenvalue weighted by molar-refractivity contribution is -0.305. The SMILES string of the molecule is O=C(O)C(F)(COC1OC(CO)C(O)C(O)C1O)C(=O)O. The zero-order valence-corrected chi connectivity index (χ0v) is 10.5. The van der Waals surface area contributed by atoms with Crippen molar-refractivity contribution in [1.82, 2.24) is 0 Å². The summed E-state index contributed by atoms with van der Waals surface area (Å²) >= 11 is 0. The summed E-state index contributed by atoms with van der Waals surface area (Å²) in [5, 5.41) is 54.4. The highest BCUT2D eigenvalue weighted by Crippen LogP contribution is 2.23. The van der Waals surface area contributed by atoms with Crippen LogP contribution in [0.5, 0.6) is 0 Å². The van der Waals surface area contributed by atoms with Crippen molar-refractivity contribution < 1.29 is 54.1 Å². The number of aliphatic hydroxyl groups excluding tert-OH is 4. The molecule has 1 saturated heterocycles. The van der Waals surface area contributed by atoms with Crippen LogP contribution >= 0.6 is 0 Å². The third kappa shape index (κ3) is 3.45. The van der Waals surface area contributed by atoms with Crippen LogP contribution in [0.25, 0.3) is 0 Å². The monoisotopic (exact) mass is 314 g/mol. The summed E-state index contributed by atoms with van der Waals surface area (Å²) in [6.07, 6.45) is -8.57. The highest BCUT2D eigenvalue weighted by Gasteiger charge is 2.51. The number of aliphatic carboxylic acids is 2. The Kier molecular flexibility index (Phi) is 5.55. The number of carboxylic acid groups (broad SMARTS) is 2. The van der Waals surface area contributed by atoms with Crippen molar-refractivity contribution in [3.63, 3.8) is 0 Å². The van der Waals surface area contributed by atoms with Crippen molar-refractivity contribution in [1.29, 1.82) is 0 Å². The second kappa shape index (κ2) is 6.60. The first-order valence-electron chi connectivity index (χ1n) is 5.73. The standard InChI is InChI=1S/C10H15FO10/c11-10(8(16)17,9(18)19)2-20-7-6(15)5(14)4(13)3(1-12)21-7/h3-7,12-15H,1-2H2,(H,16,17)(H,18,19). The number of hydrogen-bond acceptors (Lipinski definition) is 8. The van der Waals surface area contributed by atoms with Gasteiger partial charge in [-0.05, 0) is 0 Å². The topological polar surface area (TPSA) is 174 Å². The maximum Gasteiger partial charge on any atom is 0.355 e. The summed E-state index contributed by atoms with van der Waals surface area (Å²) in [6, 6.07) is 0. The zero-order chi connectivity index (χ0) is 16.4. The Bertz CT molecular complexity index is 385. The molecule has 5 unspecified atom stereocenters. The van der Waals surface area contributed by atoms with E-state index in [2.05, 4.69) is 4.74 Å². The average Bonchev–Trinajstić information content (AvgIpc) is 2.43. The fraction of sp³-hybridized carbons (Fsp3) is 0.800. The number of hydrogen-bond donors (Lipinski definition) is 6. The van der Waals surface area contributed by atoms with E-state index in [9.17, 15) is 29.3 Å². The number of ether oxygens (including phenoxy) is 2. The average molecular weight is 314 g/mol. The Morgan fingerprint density at radius 1 is 1.10 bits per heavy atom. The van der Waals surface area contributed by atoms with E-state index in [1.54, 1.807) is 0 Å². The molecule has 0 amide bonds. The third-order valence-electron chi connectivity index (χ3n) is 2.97. The molecule has 1 heterocycles. The molecule has 0 bridgehead atoms. The lowest BCUT2D eigenvalue weighted by atomic mass is 9.99. The van der Waals surface area contributed by atoms with E-state index in [1.165, 1.54) is 0 Å². The van der Waals surface area contributed by atoms with Crippen LogP contribution in [0.1, 0.15) is 0 Å². The van der Waals surface area contributed by atoms with E-state index < -0.39 is 61.5 Å². The molecule has 1 fully saturated rings. The van der Waals surface area contributed by atoms with E-state index in [1.807, 2.05) is 0 Å². The molecular formula is C10H15FO10. The van der Waals surface area contributed by atoms with Gasteiger partial charge in [0, 0.05) is 0 Å². The van der Waals surface area contributed by atoms with Gasteiger partial charge in [-0.15, -0.1) is 0 Å². The number of rotatable bonds is 6. The predicted molar refractivity (Wildman–Crippen MR) is 58.8 cm³/mol. The summed E-state index contributed by atoms with van der Waals surface area (Å²) in [4.78, 5) is 21.2. The lowest BCUT2D eigenvalue weighted by Gasteiger charge is -2.39. The summed E-state index contributed by atoms with van der Waals surface area (Å²) in [7, 11) is 0. The molecule has 10 nitrogen and oxygen atoms in total. The van der Waals surface area contributed by atoms with E-state index in [0.717, 1.165) is 0 Å². The number of alkyl halides is 1. The summed E-state index contributed by atoms with van der Waals surface area (Å²) < 4.78 is 23.0. The van der Waals surface area contributed by atoms with Crippen LogP contribution < -0.4 is 0 Å². The van der Waals surface area contributed by atoms with Crippen molar-refractivity contribution in [2.75, 3.05) is 13.2 Å². The van der Waals surface area contributed by atoms with Crippen molar-refractivity contribution in [3.05, 3.63) is 0 Å². The molecule has 0 aromatic heterocycles. The van der Waals surface area contributed by atoms with Crippen LogP contribution in [0.4, 0.5) is 4.39 Å². The molecular weight excluding hydrogens is 299 g/mol. The van der Waals surface area contributed by atoms with Gasteiger partial charge in [0.05, 0.1) is 6.61 Å². The van der Waals surface area contributed by atoms with Crippen LogP contribution in [0.2, 0.25) is 0 Å². The van der Waals surface area contributed by atoms with Crippen molar-refractivity contribution in [2.24, 2.45) is 0 Å². The number of halogens is 1. The first-order chi connectivity index (χ1) is 9.65. The van der Waals surface area contributed by atoms with Crippen molar-refractivity contribution >= 4 is 11.9 Å². The second-order valence-electron chi connectivity index (χ2n) is 4.42. The molecule has 1 rings (SSSR count). The molecule has 0 aromatic carbocycles. The summed E-state index contributed by atoms with van der Waals surface area (Å²) in [5.41, 5.74) is -3.78. The second-order valence-corrected chi connectivity index (χ2v) is 4.42. The molecule has 5 atom stereocenters. The Labute approximate surface area is 116 Å². The molecule has 0 spiro atoms. The van der Waals surface area contributed by atoms with Gasteiger partial charge in [0.15, 0.2) is 6.29 Å². The smallest absolute Gasteiger partial charge is 0.355 e. The minimum Gasteiger partial charge on any atom is -0.478 e. The summed E-state index contributed by atoms with van der Waals surface area (Å²) in [6.45, 7) is -2.29. The van der Waals surface area contributed by atoms with Gasteiger partial charge in [0.25, 0.3) is 0 Å². The molecule has 11 heteroatoms. The van der Waals surface area contributed by atoms with Gasteiger partial charge in [0.2, 0.25) is 0 Å². The highest BCUT2D eigenvalue weighted by atomic mass is 19.1. The first-order valence-corrected chi connectivity index (χ1v) is 5.73. The molecule has 122 valence electrons. The largest absolute Gasteiger partial charge is 0.478 e. The molecule has 0 radical (unpaired) electrons. The Morgan fingerprint density at radius 3 is 2.05 bits per heavy atom. The van der Waals surface area contributed by atoms with Gasteiger partial charge in [-0.2, -0.15) is 0 Å². The molecule has 6 N–H and O–H groups in total. The van der Waals surface area contributed by atoms with Crippen LogP contribution in [-0.2, 0) is 19.1 Å². The van der Waals surface area contributed by atoms with E-state index >= 15 is 0 Å². The predicted octanol–water partition coefficient (Wildman–Crippen LogP) is -3.32. The van der Waals surface area contributed by atoms with Crippen molar-refractivity contribution in [2.45, 2.75) is 36.4 Å². The van der Waals surface area contributed by atoms with E-state index in [0.29, 0.717) is 0 Å². The quantitative estimate of drug-likeness (QED) is 0.272. The highest BCUT2D eigenvalue weighted by molar-refractivity contribution is 6.01. The van der Waals surface area contributed by atoms with Gasteiger partial charge >= 0.3 is 17.6 Å². The number of aliphatic hydroxyl groups is 4. The molecule has 1 aliphatic heterocycles. The fourth-order valence-electron chi connectivity index (χ4n) is 1.62. The molecule has 0 aliphatic carbocycles. The third-order valence-corrected chi connectivity index (χ3v) is 2.97. The molecule has 0 saturated carbocycles. The minimum absolute atomic E-state index is 0.774. The van der Waals surface area contributed by atoms with Gasteiger partial charge < -0.3 is 40.1 Å².